The van der Waals surface area contributed by atoms with E-state index in [1.807, 2.05) is 12.1 Å². The average Bonchev–Trinajstić information content (AvgIpc) is 2.85. The predicted molar refractivity (Wildman–Crippen MR) is 138 cm³/mol. The van der Waals surface area contributed by atoms with E-state index >= 15 is 0 Å². The van der Waals surface area contributed by atoms with Crippen LogP contribution in [-0.4, -0.2) is 0 Å². The summed E-state index contributed by atoms with van der Waals surface area (Å²) < 4.78 is 29.5. The molecule has 0 spiro atoms. The Labute approximate surface area is 203 Å². The molecule has 1 aromatic rings. The van der Waals surface area contributed by atoms with Crippen LogP contribution in [0.5, 0.6) is 0 Å². The molecule has 2 fully saturated rings. The van der Waals surface area contributed by atoms with Crippen molar-refractivity contribution in [2.45, 2.75) is 142 Å². The Bertz CT molecular complexity index is 666. The van der Waals surface area contributed by atoms with E-state index in [-0.39, 0.29) is 5.92 Å². The van der Waals surface area contributed by atoms with Crippen LogP contribution in [0.1, 0.15) is 146 Å². The van der Waals surface area contributed by atoms with Crippen LogP contribution in [0.2, 0.25) is 0 Å². The molecule has 2 aliphatic carbocycles. The second-order valence-electron chi connectivity index (χ2n) is 11.3. The van der Waals surface area contributed by atoms with Gasteiger partial charge in [0.15, 0.2) is 11.6 Å². The van der Waals surface area contributed by atoms with Crippen molar-refractivity contribution in [3.8, 4) is 0 Å². The SMILES string of the molecule is CCCCCCCC[C@H]1CC[C@H]([C@H]2CC[C@H](c3ccc(CCCCC)c(F)c3F)CC2)CC1. The smallest absolute Gasteiger partial charge is 0.162 e. The molecule has 0 aliphatic heterocycles. The molecule has 1 aromatic carbocycles. The third kappa shape index (κ3) is 8.07. The number of hydrogen-bond donors (Lipinski definition) is 0. The van der Waals surface area contributed by atoms with Crippen molar-refractivity contribution in [3.63, 3.8) is 0 Å². The zero-order chi connectivity index (χ0) is 23.5. The second kappa shape index (κ2) is 14.5. The third-order valence-corrected chi connectivity index (χ3v) is 8.98. The van der Waals surface area contributed by atoms with Crippen molar-refractivity contribution < 1.29 is 8.78 Å². The second-order valence-corrected chi connectivity index (χ2v) is 11.3. The highest BCUT2D eigenvalue weighted by Crippen LogP contribution is 2.45. The van der Waals surface area contributed by atoms with Gasteiger partial charge in [-0.05, 0) is 86.2 Å². The molecule has 0 N–H and O–H groups in total. The number of halogens is 2. The molecule has 2 saturated carbocycles. The fraction of sp³-hybridized carbons (Fsp3) is 0.806. The van der Waals surface area contributed by atoms with Crippen LogP contribution in [0.3, 0.4) is 0 Å². The van der Waals surface area contributed by atoms with Crippen molar-refractivity contribution >= 4 is 0 Å². The molecule has 0 unspecified atom stereocenters. The summed E-state index contributed by atoms with van der Waals surface area (Å²) in [4.78, 5) is 0. The molecular formula is C31H50F2. The minimum Gasteiger partial charge on any atom is -0.203 e. The highest BCUT2D eigenvalue weighted by atomic mass is 19.2. The molecule has 2 aliphatic rings. The van der Waals surface area contributed by atoms with E-state index in [1.165, 1.54) is 83.5 Å². The van der Waals surface area contributed by atoms with Crippen molar-refractivity contribution in [2.24, 2.45) is 17.8 Å². The number of benzene rings is 1. The normalized spacial score (nSPS) is 25.9. The van der Waals surface area contributed by atoms with Crippen molar-refractivity contribution in [1.29, 1.82) is 0 Å². The summed E-state index contributed by atoms with van der Waals surface area (Å²) in [5.41, 5.74) is 1.21. The molecular weight excluding hydrogens is 410 g/mol. The van der Waals surface area contributed by atoms with E-state index in [9.17, 15) is 8.78 Å². The van der Waals surface area contributed by atoms with Crippen molar-refractivity contribution in [2.75, 3.05) is 0 Å². The Hall–Kier alpha value is -0.920. The molecule has 33 heavy (non-hydrogen) atoms. The van der Waals surface area contributed by atoms with Crippen LogP contribution in [0.25, 0.3) is 0 Å². The fourth-order valence-corrected chi connectivity index (χ4v) is 6.74. The van der Waals surface area contributed by atoms with E-state index in [1.54, 1.807) is 0 Å². The lowest BCUT2D eigenvalue weighted by Gasteiger charge is -2.38. The summed E-state index contributed by atoms with van der Waals surface area (Å²) in [6, 6.07) is 3.76. The standard InChI is InChI=1S/C31H50F2/c1-3-5-7-8-9-11-12-24-14-16-25(17-15-24)26-18-20-27(21-19-26)29-23-22-28(13-10-6-4-2)30(32)31(29)33/h22-27H,3-21H2,1-2H3/t24-,25-,26-,27-. The van der Waals surface area contributed by atoms with Gasteiger partial charge in [0, 0.05) is 0 Å². The molecule has 188 valence electrons. The molecule has 2 heteroatoms. The van der Waals surface area contributed by atoms with Gasteiger partial charge < -0.3 is 0 Å². The van der Waals surface area contributed by atoms with Gasteiger partial charge in [-0.1, -0.05) is 96.6 Å². The van der Waals surface area contributed by atoms with Crippen LogP contribution < -0.4 is 0 Å². The predicted octanol–water partition coefficient (Wildman–Crippen LogP) is 10.5. The van der Waals surface area contributed by atoms with E-state index in [2.05, 4.69) is 13.8 Å². The van der Waals surface area contributed by atoms with Gasteiger partial charge in [0.1, 0.15) is 0 Å². The Balaban J connectivity index is 1.38. The molecule has 3 rings (SSSR count). The van der Waals surface area contributed by atoms with Gasteiger partial charge in [0.05, 0.1) is 0 Å². The lowest BCUT2D eigenvalue weighted by atomic mass is 9.68. The summed E-state index contributed by atoms with van der Waals surface area (Å²) in [6.45, 7) is 4.42. The first kappa shape index (κ1) is 26.7. The Morgan fingerprint density at radius 2 is 1.21 bits per heavy atom. The zero-order valence-electron chi connectivity index (χ0n) is 21.7. The lowest BCUT2D eigenvalue weighted by molar-refractivity contribution is 0.155. The Kier molecular flexibility index (Phi) is 11.7. The number of aryl methyl sites for hydroxylation is 1. The van der Waals surface area contributed by atoms with Crippen LogP contribution in [-0.2, 0) is 6.42 Å². The first-order chi connectivity index (χ1) is 16.1. The summed E-state index contributed by atoms with van der Waals surface area (Å²) in [5.74, 6) is 1.75. The molecule has 0 nitrogen and oxygen atoms in total. The van der Waals surface area contributed by atoms with E-state index in [4.69, 9.17) is 0 Å². The largest absolute Gasteiger partial charge is 0.203 e. The molecule has 0 bridgehead atoms. The molecule has 0 amide bonds. The lowest BCUT2D eigenvalue weighted by Crippen LogP contribution is -2.25. The molecule has 0 atom stereocenters. The van der Waals surface area contributed by atoms with Gasteiger partial charge in [-0.15, -0.1) is 0 Å². The van der Waals surface area contributed by atoms with Crippen LogP contribution in [0.15, 0.2) is 12.1 Å². The van der Waals surface area contributed by atoms with Crippen molar-refractivity contribution in [3.05, 3.63) is 34.9 Å². The number of rotatable bonds is 13. The maximum atomic E-state index is 14.9. The average molecular weight is 461 g/mol. The first-order valence-corrected chi connectivity index (χ1v) is 14.6. The monoisotopic (exact) mass is 460 g/mol. The van der Waals surface area contributed by atoms with E-state index in [0.717, 1.165) is 49.9 Å². The highest BCUT2D eigenvalue weighted by molar-refractivity contribution is 5.29. The van der Waals surface area contributed by atoms with Gasteiger partial charge in [-0.2, -0.15) is 0 Å². The van der Waals surface area contributed by atoms with Gasteiger partial charge in [-0.25, -0.2) is 8.78 Å². The topological polar surface area (TPSA) is 0 Å². The maximum Gasteiger partial charge on any atom is 0.162 e. The highest BCUT2D eigenvalue weighted by Gasteiger charge is 2.32. The minimum absolute atomic E-state index is 0.212. The Morgan fingerprint density at radius 3 is 1.88 bits per heavy atom. The van der Waals surface area contributed by atoms with Crippen LogP contribution >= 0.6 is 0 Å². The van der Waals surface area contributed by atoms with Gasteiger partial charge in [-0.3, -0.25) is 0 Å². The van der Waals surface area contributed by atoms with E-state index in [0.29, 0.717) is 17.5 Å². The molecule has 0 saturated heterocycles. The maximum absolute atomic E-state index is 14.9. The third-order valence-electron chi connectivity index (χ3n) is 8.98. The summed E-state index contributed by atoms with van der Waals surface area (Å²) >= 11 is 0. The van der Waals surface area contributed by atoms with Gasteiger partial charge >= 0.3 is 0 Å². The van der Waals surface area contributed by atoms with Gasteiger partial charge in [0.25, 0.3) is 0 Å². The van der Waals surface area contributed by atoms with Crippen LogP contribution in [0.4, 0.5) is 8.78 Å². The first-order valence-electron chi connectivity index (χ1n) is 14.6. The fourth-order valence-electron chi connectivity index (χ4n) is 6.74. The number of unbranched alkanes of at least 4 members (excludes halogenated alkanes) is 7. The van der Waals surface area contributed by atoms with Crippen LogP contribution in [0, 0.1) is 29.4 Å². The quantitative estimate of drug-likeness (QED) is 0.257. The van der Waals surface area contributed by atoms with E-state index < -0.39 is 11.6 Å². The molecule has 0 heterocycles. The summed E-state index contributed by atoms with van der Waals surface area (Å²) in [5, 5.41) is 0. The van der Waals surface area contributed by atoms with Gasteiger partial charge in [0.2, 0.25) is 0 Å². The Morgan fingerprint density at radius 1 is 0.636 bits per heavy atom. The summed E-state index contributed by atoms with van der Waals surface area (Å²) in [7, 11) is 0. The molecule has 0 aromatic heterocycles. The zero-order valence-corrected chi connectivity index (χ0v) is 21.7. The summed E-state index contributed by atoms with van der Waals surface area (Å²) in [6.07, 6.45) is 23.8. The number of hydrogen-bond acceptors (Lipinski definition) is 0. The minimum atomic E-state index is -0.575. The van der Waals surface area contributed by atoms with Crippen molar-refractivity contribution in [1.82, 2.24) is 0 Å². The molecule has 0 radical (unpaired) electrons.